The molecule has 0 saturated heterocycles. The van der Waals surface area contributed by atoms with E-state index in [2.05, 4.69) is 17.2 Å². The first kappa shape index (κ1) is 25.4. The topological polar surface area (TPSA) is 124 Å². The summed E-state index contributed by atoms with van der Waals surface area (Å²) in [5, 5.41) is 13.4. The Morgan fingerprint density at radius 2 is 1.80 bits per heavy atom. The Balaban J connectivity index is 2.29. The highest BCUT2D eigenvalue weighted by Crippen LogP contribution is 2.51. The highest BCUT2D eigenvalue weighted by atomic mass is 16.5. The van der Waals surface area contributed by atoms with Crippen molar-refractivity contribution >= 4 is 34.4 Å². The number of hydrogen-bond acceptors (Lipinski definition) is 9. The van der Waals surface area contributed by atoms with Crippen molar-refractivity contribution in [2.24, 2.45) is 10.6 Å². The van der Waals surface area contributed by atoms with Crippen LogP contribution in [-0.2, 0) is 4.74 Å². The van der Waals surface area contributed by atoms with Gasteiger partial charge in [0.1, 0.15) is 29.6 Å². The Morgan fingerprint density at radius 1 is 1.11 bits per heavy atom. The largest absolute Gasteiger partial charge is 0.496 e. The van der Waals surface area contributed by atoms with Gasteiger partial charge in [0.15, 0.2) is 0 Å². The van der Waals surface area contributed by atoms with E-state index in [4.69, 9.17) is 14.2 Å². The summed E-state index contributed by atoms with van der Waals surface area (Å²) in [4.78, 5) is 35.7. The molecule has 3 rings (SSSR count). The molecule has 3 aromatic carbocycles. The van der Waals surface area contributed by atoms with Gasteiger partial charge in [-0.05, 0) is 35.5 Å². The molecule has 1 atom stereocenters. The molecule has 0 amide bonds. The number of methoxy groups -OCH3 is 2. The highest BCUT2D eigenvalue weighted by Gasteiger charge is 2.36. The molecule has 3 aromatic rings. The van der Waals surface area contributed by atoms with Crippen LogP contribution in [0.25, 0.3) is 10.8 Å². The molecule has 0 spiro atoms. The molecule has 0 aliphatic rings. The normalized spacial score (nSPS) is 11.9. The molecular weight excluding hydrogens is 452 g/mol. The number of ether oxygens (including phenoxy) is 3. The SMILES string of the molecule is C=CC(C)(C)C(OC(=O)c1ccc(C=O)cc1)c1cc(OC)c2c(NO)ccc(N=O)c2c1OC. The minimum atomic E-state index is -0.934. The van der Waals surface area contributed by atoms with Crippen LogP contribution < -0.4 is 15.0 Å². The van der Waals surface area contributed by atoms with Crippen molar-refractivity contribution in [2.45, 2.75) is 20.0 Å². The van der Waals surface area contributed by atoms with Gasteiger partial charge < -0.3 is 14.2 Å². The third-order valence-corrected chi connectivity index (χ3v) is 5.84. The number of aldehydes is 1. The maximum absolute atomic E-state index is 13.1. The summed E-state index contributed by atoms with van der Waals surface area (Å²) in [5.74, 6) is -0.131. The van der Waals surface area contributed by atoms with Crippen molar-refractivity contribution < 1.29 is 29.0 Å². The molecule has 182 valence electrons. The van der Waals surface area contributed by atoms with Crippen LogP contribution in [0.1, 0.15) is 46.2 Å². The monoisotopic (exact) mass is 478 g/mol. The number of nitrogens with zero attached hydrogens (tertiary/aromatic N) is 1. The fourth-order valence-corrected chi connectivity index (χ4v) is 3.84. The van der Waals surface area contributed by atoms with E-state index in [1.54, 1.807) is 12.1 Å². The maximum Gasteiger partial charge on any atom is 0.338 e. The van der Waals surface area contributed by atoms with E-state index in [1.165, 1.54) is 50.6 Å². The summed E-state index contributed by atoms with van der Waals surface area (Å²) < 4.78 is 17.2. The Kier molecular flexibility index (Phi) is 7.51. The van der Waals surface area contributed by atoms with Gasteiger partial charge in [-0.25, -0.2) is 4.79 Å². The lowest BCUT2D eigenvalue weighted by molar-refractivity contribution is 0.00278. The Morgan fingerprint density at radius 3 is 2.31 bits per heavy atom. The van der Waals surface area contributed by atoms with Crippen LogP contribution >= 0.6 is 0 Å². The Labute approximate surface area is 202 Å². The zero-order valence-electron chi connectivity index (χ0n) is 19.8. The molecule has 2 N–H and O–H groups in total. The number of nitroso groups, excluding NO2 is 1. The minimum absolute atomic E-state index is 0.0435. The fraction of sp³-hybridized carbons (Fsp3) is 0.231. The molecule has 0 fully saturated rings. The molecule has 0 radical (unpaired) electrons. The van der Waals surface area contributed by atoms with Crippen molar-refractivity contribution in [3.05, 3.63) is 76.7 Å². The maximum atomic E-state index is 13.1. The smallest absolute Gasteiger partial charge is 0.338 e. The first-order chi connectivity index (χ1) is 16.8. The van der Waals surface area contributed by atoms with Crippen LogP contribution in [0.2, 0.25) is 0 Å². The molecule has 1 unspecified atom stereocenters. The van der Waals surface area contributed by atoms with Gasteiger partial charge in [-0.2, -0.15) is 0 Å². The number of esters is 1. The second-order valence-corrected chi connectivity index (χ2v) is 8.34. The third kappa shape index (κ3) is 4.71. The number of fused-ring (bicyclic) bond motifs is 1. The van der Waals surface area contributed by atoms with Crippen LogP contribution in [0, 0.1) is 10.3 Å². The lowest BCUT2D eigenvalue weighted by Crippen LogP contribution is -2.26. The van der Waals surface area contributed by atoms with Gasteiger partial charge in [0.25, 0.3) is 0 Å². The summed E-state index contributed by atoms with van der Waals surface area (Å²) in [7, 11) is 2.85. The van der Waals surface area contributed by atoms with Gasteiger partial charge >= 0.3 is 5.97 Å². The quantitative estimate of drug-likeness (QED) is 0.120. The van der Waals surface area contributed by atoms with Crippen molar-refractivity contribution in [3.63, 3.8) is 0 Å². The van der Waals surface area contributed by atoms with Crippen LogP contribution in [0.5, 0.6) is 11.5 Å². The van der Waals surface area contributed by atoms with E-state index < -0.39 is 17.5 Å². The molecule has 0 bridgehead atoms. The first-order valence-electron chi connectivity index (χ1n) is 10.6. The number of rotatable bonds is 10. The second-order valence-electron chi connectivity index (χ2n) is 8.34. The average molecular weight is 479 g/mol. The molecule has 0 aliphatic heterocycles. The zero-order valence-corrected chi connectivity index (χ0v) is 19.8. The standard InChI is InChI=1S/C26H26N2O7/c1-6-26(2,3)24(35-25(30)16-9-7-15(14-29)8-10-16)17-13-20(33-4)21-18(27-31)11-12-19(28-32)22(21)23(17)34-5/h6-14,24,27,31H,1H2,2-5H3. The van der Waals surface area contributed by atoms with Gasteiger partial charge in [-0.3, -0.25) is 15.5 Å². The lowest BCUT2D eigenvalue weighted by atomic mass is 9.81. The van der Waals surface area contributed by atoms with Gasteiger partial charge in [-0.15, -0.1) is 11.5 Å². The summed E-state index contributed by atoms with van der Waals surface area (Å²) in [6, 6.07) is 10.5. The van der Waals surface area contributed by atoms with Gasteiger partial charge in [0.05, 0.1) is 36.2 Å². The lowest BCUT2D eigenvalue weighted by Gasteiger charge is -2.33. The van der Waals surface area contributed by atoms with E-state index in [0.29, 0.717) is 22.8 Å². The van der Waals surface area contributed by atoms with Crippen molar-refractivity contribution in [2.75, 3.05) is 19.7 Å². The van der Waals surface area contributed by atoms with Crippen LogP contribution in [0.15, 0.2) is 60.3 Å². The number of carbonyl (C=O) groups is 2. The van der Waals surface area contributed by atoms with Crippen molar-refractivity contribution in [1.82, 2.24) is 0 Å². The van der Waals surface area contributed by atoms with E-state index in [1.807, 2.05) is 13.8 Å². The summed E-state index contributed by atoms with van der Waals surface area (Å²) in [5.41, 5.74) is 2.67. The Bertz CT molecular complexity index is 1280. The number of benzene rings is 3. The van der Waals surface area contributed by atoms with Crippen molar-refractivity contribution in [3.8, 4) is 11.5 Å². The number of nitrogens with one attached hydrogen (secondary N) is 1. The summed E-state index contributed by atoms with van der Waals surface area (Å²) in [6.07, 6.45) is 1.39. The highest BCUT2D eigenvalue weighted by molar-refractivity contribution is 6.09. The van der Waals surface area contributed by atoms with Gasteiger partial charge in [0, 0.05) is 16.5 Å². The minimum Gasteiger partial charge on any atom is -0.496 e. The van der Waals surface area contributed by atoms with Crippen molar-refractivity contribution in [1.29, 1.82) is 0 Å². The van der Waals surface area contributed by atoms with Crippen LogP contribution in [-0.4, -0.2) is 31.7 Å². The number of carbonyl (C=O) groups excluding carboxylic acids is 2. The molecule has 0 aromatic heterocycles. The van der Waals surface area contributed by atoms with E-state index >= 15 is 0 Å². The first-order valence-corrected chi connectivity index (χ1v) is 10.6. The van der Waals surface area contributed by atoms with Crippen LogP contribution in [0.4, 0.5) is 11.4 Å². The van der Waals surface area contributed by atoms with E-state index in [9.17, 15) is 19.7 Å². The fourth-order valence-electron chi connectivity index (χ4n) is 3.84. The molecule has 9 nitrogen and oxygen atoms in total. The van der Waals surface area contributed by atoms with Crippen LogP contribution in [0.3, 0.4) is 0 Å². The molecule has 35 heavy (non-hydrogen) atoms. The molecule has 0 saturated carbocycles. The van der Waals surface area contributed by atoms with Gasteiger partial charge in [0.2, 0.25) is 0 Å². The summed E-state index contributed by atoms with van der Waals surface area (Å²) in [6.45, 7) is 7.54. The van der Waals surface area contributed by atoms with E-state index in [0.717, 1.165) is 0 Å². The molecule has 0 aliphatic carbocycles. The molecular formula is C26H26N2O7. The molecule has 9 heteroatoms. The second kappa shape index (κ2) is 10.4. The van der Waals surface area contributed by atoms with Gasteiger partial charge in [-0.1, -0.05) is 32.1 Å². The predicted octanol–water partition coefficient (Wildman–Crippen LogP) is 5.98. The number of anilines is 1. The van der Waals surface area contributed by atoms with E-state index in [-0.39, 0.29) is 33.8 Å². The average Bonchev–Trinajstić information content (AvgIpc) is 2.89. The number of hydrogen-bond donors (Lipinski definition) is 2. The Hall–Kier alpha value is -4.24. The predicted molar refractivity (Wildman–Crippen MR) is 132 cm³/mol. The summed E-state index contributed by atoms with van der Waals surface area (Å²) >= 11 is 0. The molecule has 0 heterocycles. The zero-order chi connectivity index (χ0) is 25.8. The third-order valence-electron chi connectivity index (χ3n) is 5.84.